The smallest absolute Gasteiger partial charge is 0.413 e. The Morgan fingerprint density at radius 3 is 2.56 bits per heavy atom. The minimum Gasteiger partial charge on any atom is -0.422 e. The lowest BCUT2D eigenvalue weighted by atomic mass is 9.99. The van der Waals surface area contributed by atoms with Crippen molar-refractivity contribution in [2.24, 2.45) is 0 Å². The van der Waals surface area contributed by atoms with E-state index < -0.39 is 11.7 Å². The van der Waals surface area contributed by atoms with E-state index >= 15 is 0 Å². The number of nitrogens with zero attached hydrogens (tertiary/aromatic N) is 2. The van der Waals surface area contributed by atoms with Crippen molar-refractivity contribution < 1.29 is 13.9 Å². The van der Waals surface area contributed by atoms with Crippen molar-refractivity contribution in [1.29, 1.82) is 0 Å². The Morgan fingerprint density at radius 2 is 1.93 bits per heavy atom. The van der Waals surface area contributed by atoms with Gasteiger partial charge < -0.3 is 14.1 Å². The van der Waals surface area contributed by atoms with Crippen molar-refractivity contribution in [2.45, 2.75) is 13.3 Å². The van der Waals surface area contributed by atoms with Crippen molar-refractivity contribution in [3.8, 4) is 5.75 Å². The average molecular weight is 362 g/mol. The van der Waals surface area contributed by atoms with E-state index in [2.05, 4.69) is 4.85 Å². The number of hydrogen-bond donors (Lipinski definition) is 0. The second-order valence-electron chi connectivity index (χ2n) is 6.35. The Labute approximate surface area is 156 Å². The molecule has 27 heavy (non-hydrogen) atoms. The molecule has 0 N–H and O–H groups in total. The van der Waals surface area contributed by atoms with Crippen LogP contribution in [0.2, 0.25) is 0 Å². The summed E-state index contributed by atoms with van der Waals surface area (Å²) in [5, 5.41) is 0.649. The fourth-order valence-corrected chi connectivity index (χ4v) is 2.76. The summed E-state index contributed by atoms with van der Waals surface area (Å²) in [6, 6.07) is 12.6. The van der Waals surface area contributed by atoms with E-state index in [0.29, 0.717) is 17.4 Å². The van der Waals surface area contributed by atoms with Crippen molar-refractivity contribution in [1.82, 2.24) is 4.90 Å². The molecule has 0 radical (unpaired) electrons. The van der Waals surface area contributed by atoms with Crippen LogP contribution in [-0.2, 0) is 6.42 Å². The molecule has 1 aromatic heterocycles. The number of carbonyl (C=O) groups is 1. The summed E-state index contributed by atoms with van der Waals surface area (Å²) in [5.41, 5.74) is 2.31. The van der Waals surface area contributed by atoms with E-state index in [0.717, 1.165) is 11.1 Å². The minimum atomic E-state index is -0.612. The van der Waals surface area contributed by atoms with Gasteiger partial charge in [-0.3, -0.25) is 0 Å². The molecular formula is C21H18N2O4. The van der Waals surface area contributed by atoms with Crippen molar-refractivity contribution >= 4 is 22.7 Å². The van der Waals surface area contributed by atoms with Crippen LogP contribution in [0.5, 0.6) is 5.75 Å². The van der Waals surface area contributed by atoms with Crippen LogP contribution in [0.15, 0.2) is 51.7 Å². The number of amides is 1. The highest BCUT2D eigenvalue weighted by atomic mass is 16.6. The van der Waals surface area contributed by atoms with Gasteiger partial charge in [0.15, 0.2) is 0 Å². The Hall–Kier alpha value is -3.59. The third kappa shape index (κ3) is 3.67. The maximum atomic E-state index is 12.5. The molecule has 3 rings (SSSR count). The molecule has 3 aromatic rings. The zero-order chi connectivity index (χ0) is 19.6. The largest absolute Gasteiger partial charge is 0.422 e. The topological polar surface area (TPSA) is 64.1 Å². The van der Waals surface area contributed by atoms with Crippen LogP contribution in [0, 0.1) is 13.5 Å². The summed E-state index contributed by atoms with van der Waals surface area (Å²) in [7, 11) is 3.09. The summed E-state index contributed by atoms with van der Waals surface area (Å²) in [4.78, 5) is 29.0. The predicted octanol–water partition coefficient (Wildman–Crippen LogP) is 4.30. The fraction of sp³-hybridized carbons (Fsp3) is 0.190. The Balaban J connectivity index is 2.12. The average Bonchev–Trinajstić information content (AvgIpc) is 2.65. The highest BCUT2D eigenvalue weighted by molar-refractivity contribution is 5.89. The lowest BCUT2D eigenvalue weighted by Crippen LogP contribution is -2.25. The second-order valence-corrected chi connectivity index (χ2v) is 6.35. The molecule has 0 atom stereocenters. The SMILES string of the molecule is [C-]#[N+]c1cc2c(C)c(Cc3ccccc3)c(=O)oc2cc1OC(=O)N(C)C. The number of rotatable bonds is 3. The van der Waals surface area contributed by atoms with E-state index in [-0.39, 0.29) is 17.0 Å². The molecule has 0 fully saturated rings. The molecule has 0 unspecified atom stereocenters. The van der Waals surface area contributed by atoms with E-state index in [1.54, 1.807) is 20.2 Å². The van der Waals surface area contributed by atoms with Gasteiger partial charge in [0.05, 0.1) is 6.57 Å². The van der Waals surface area contributed by atoms with Crippen LogP contribution in [0.4, 0.5) is 10.5 Å². The predicted molar refractivity (Wildman–Crippen MR) is 102 cm³/mol. The maximum Gasteiger partial charge on any atom is 0.413 e. The normalized spacial score (nSPS) is 10.4. The lowest BCUT2D eigenvalue weighted by Gasteiger charge is -2.13. The van der Waals surface area contributed by atoms with Gasteiger partial charge in [0, 0.05) is 37.5 Å². The number of hydrogen-bond acceptors (Lipinski definition) is 4. The molecule has 0 aliphatic carbocycles. The van der Waals surface area contributed by atoms with Crippen molar-refractivity contribution in [3.05, 3.63) is 81.0 Å². The van der Waals surface area contributed by atoms with Crippen LogP contribution < -0.4 is 10.4 Å². The van der Waals surface area contributed by atoms with Gasteiger partial charge in [0.2, 0.25) is 5.69 Å². The zero-order valence-electron chi connectivity index (χ0n) is 15.3. The number of benzene rings is 2. The molecule has 0 saturated heterocycles. The lowest BCUT2D eigenvalue weighted by molar-refractivity contribution is 0.172. The number of fused-ring (bicyclic) bond motifs is 1. The van der Waals surface area contributed by atoms with Crippen LogP contribution in [0.25, 0.3) is 15.8 Å². The van der Waals surface area contributed by atoms with E-state index in [1.165, 1.54) is 11.0 Å². The first-order valence-electron chi connectivity index (χ1n) is 8.31. The van der Waals surface area contributed by atoms with Crippen LogP contribution in [0.3, 0.4) is 0 Å². The second kappa shape index (κ2) is 7.34. The van der Waals surface area contributed by atoms with Gasteiger partial charge in [0.25, 0.3) is 0 Å². The van der Waals surface area contributed by atoms with Crippen molar-refractivity contribution in [3.63, 3.8) is 0 Å². The first kappa shape index (κ1) is 18.2. The van der Waals surface area contributed by atoms with E-state index in [4.69, 9.17) is 15.7 Å². The van der Waals surface area contributed by atoms with E-state index in [9.17, 15) is 9.59 Å². The van der Waals surface area contributed by atoms with Crippen molar-refractivity contribution in [2.75, 3.05) is 14.1 Å². The minimum absolute atomic E-state index is 0.0644. The Bertz CT molecular complexity index is 1110. The summed E-state index contributed by atoms with van der Waals surface area (Å²) in [5.74, 6) is 0.0644. The summed E-state index contributed by atoms with van der Waals surface area (Å²) < 4.78 is 10.7. The van der Waals surface area contributed by atoms with Gasteiger partial charge in [-0.1, -0.05) is 30.3 Å². The first-order chi connectivity index (χ1) is 12.9. The summed E-state index contributed by atoms with van der Waals surface area (Å²) in [6.45, 7) is 9.22. The van der Waals surface area contributed by atoms with Crippen LogP contribution in [0.1, 0.15) is 16.7 Å². The van der Waals surface area contributed by atoms with Gasteiger partial charge in [-0.25, -0.2) is 14.4 Å². The van der Waals surface area contributed by atoms with E-state index in [1.807, 2.05) is 37.3 Å². The molecule has 2 aromatic carbocycles. The molecule has 0 aliphatic heterocycles. The highest BCUT2D eigenvalue weighted by Crippen LogP contribution is 2.35. The van der Waals surface area contributed by atoms with Gasteiger partial charge in [-0.2, -0.15) is 0 Å². The molecule has 136 valence electrons. The fourth-order valence-electron chi connectivity index (χ4n) is 2.76. The quantitative estimate of drug-likeness (QED) is 0.515. The van der Waals surface area contributed by atoms with Gasteiger partial charge in [-0.05, 0) is 24.1 Å². The number of aryl methyl sites for hydroxylation is 1. The molecule has 6 heteroatoms. The standard InChI is InChI=1S/C21H18N2O4/c1-13-15-11-17(22-2)19(27-21(25)23(3)4)12-18(15)26-20(24)16(13)10-14-8-6-5-7-9-14/h5-9,11-12H,10H2,1,3-4H3. The zero-order valence-corrected chi connectivity index (χ0v) is 15.3. The highest BCUT2D eigenvalue weighted by Gasteiger charge is 2.17. The molecule has 6 nitrogen and oxygen atoms in total. The Morgan fingerprint density at radius 1 is 1.22 bits per heavy atom. The summed E-state index contributed by atoms with van der Waals surface area (Å²) in [6.07, 6.45) is -0.172. The number of ether oxygens (including phenoxy) is 1. The Kier molecular flexibility index (Phi) is 4.95. The maximum absolute atomic E-state index is 12.5. The number of carbonyl (C=O) groups excluding carboxylic acids is 1. The van der Waals surface area contributed by atoms with Gasteiger partial charge in [-0.15, -0.1) is 0 Å². The molecule has 0 aliphatic rings. The molecular weight excluding hydrogens is 344 g/mol. The first-order valence-corrected chi connectivity index (χ1v) is 8.31. The summed E-state index contributed by atoms with van der Waals surface area (Å²) >= 11 is 0. The molecule has 0 bridgehead atoms. The van der Waals surface area contributed by atoms with Gasteiger partial charge >= 0.3 is 11.7 Å². The third-order valence-corrected chi connectivity index (χ3v) is 4.27. The van der Waals surface area contributed by atoms with Crippen LogP contribution in [-0.4, -0.2) is 25.1 Å². The molecule has 1 amide bonds. The monoisotopic (exact) mass is 362 g/mol. The molecule has 1 heterocycles. The van der Waals surface area contributed by atoms with Crippen LogP contribution >= 0.6 is 0 Å². The van der Waals surface area contributed by atoms with Gasteiger partial charge in [0.1, 0.15) is 11.3 Å². The third-order valence-electron chi connectivity index (χ3n) is 4.27. The molecule has 0 saturated carbocycles. The molecule has 0 spiro atoms.